The summed E-state index contributed by atoms with van der Waals surface area (Å²) in [5.41, 5.74) is 0.892. The van der Waals surface area contributed by atoms with Crippen molar-refractivity contribution in [1.82, 2.24) is 0 Å². The third kappa shape index (κ3) is 4.74. The van der Waals surface area contributed by atoms with Gasteiger partial charge in [-0.25, -0.2) is 0 Å². The Morgan fingerprint density at radius 2 is 2.00 bits per heavy atom. The van der Waals surface area contributed by atoms with Gasteiger partial charge in [-0.15, -0.1) is 0 Å². The van der Waals surface area contributed by atoms with Crippen molar-refractivity contribution in [2.45, 2.75) is 41.0 Å². The number of fused-ring (bicyclic) bond motifs is 1. The molecule has 0 fully saturated rings. The van der Waals surface area contributed by atoms with Gasteiger partial charge in [-0.2, -0.15) is 0 Å². The Morgan fingerprint density at radius 1 is 1.28 bits per heavy atom. The van der Waals surface area contributed by atoms with Crippen LogP contribution in [0.5, 0.6) is 5.75 Å². The largest absolute Gasteiger partial charge is 0.490 e. The van der Waals surface area contributed by atoms with Crippen LogP contribution in [0.25, 0.3) is 0 Å². The lowest BCUT2D eigenvalue weighted by atomic mass is 9.92. The number of benzene rings is 2. The van der Waals surface area contributed by atoms with Crippen LogP contribution in [0.15, 0.2) is 36.4 Å². The SMILES string of the molecule is Cc1c(C(=O)Nc2ccc3c(c2)OCC(C)(C)C(=O)N3CCC(C)C)cccc1[N+](=O)[O-]. The number of ether oxygens (including phenoxy) is 1. The summed E-state index contributed by atoms with van der Waals surface area (Å²) in [4.78, 5) is 38.4. The molecule has 3 rings (SSSR count). The fourth-order valence-corrected chi connectivity index (χ4v) is 3.60. The van der Waals surface area contributed by atoms with E-state index in [1.807, 2.05) is 13.8 Å². The second-order valence-electron chi connectivity index (χ2n) is 9.16. The number of hydrogen-bond acceptors (Lipinski definition) is 5. The Labute approximate surface area is 187 Å². The van der Waals surface area contributed by atoms with E-state index in [9.17, 15) is 19.7 Å². The van der Waals surface area contributed by atoms with Crippen LogP contribution < -0.4 is 15.0 Å². The number of hydrogen-bond donors (Lipinski definition) is 1. The van der Waals surface area contributed by atoms with E-state index in [0.717, 1.165) is 6.42 Å². The molecular formula is C24H29N3O5. The fraction of sp³-hybridized carbons (Fsp3) is 0.417. The molecule has 0 aliphatic carbocycles. The zero-order valence-electron chi connectivity index (χ0n) is 19.1. The first-order chi connectivity index (χ1) is 15.0. The fourth-order valence-electron chi connectivity index (χ4n) is 3.60. The van der Waals surface area contributed by atoms with Gasteiger partial charge in [-0.1, -0.05) is 19.9 Å². The van der Waals surface area contributed by atoms with E-state index in [-0.39, 0.29) is 23.8 Å². The number of nitrogens with one attached hydrogen (secondary N) is 1. The molecule has 1 aliphatic heterocycles. The Morgan fingerprint density at radius 3 is 2.66 bits per heavy atom. The van der Waals surface area contributed by atoms with E-state index in [0.29, 0.717) is 35.2 Å². The van der Waals surface area contributed by atoms with Crippen molar-refractivity contribution < 1.29 is 19.2 Å². The number of nitro groups is 1. The average Bonchev–Trinajstić information content (AvgIpc) is 2.81. The minimum Gasteiger partial charge on any atom is -0.490 e. The summed E-state index contributed by atoms with van der Waals surface area (Å²) in [5.74, 6) is 0.505. The molecular weight excluding hydrogens is 410 g/mol. The quantitative estimate of drug-likeness (QED) is 0.507. The lowest BCUT2D eigenvalue weighted by Gasteiger charge is -2.28. The zero-order valence-corrected chi connectivity index (χ0v) is 19.1. The number of rotatable bonds is 6. The summed E-state index contributed by atoms with van der Waals surface area (Å²) in [5, 5.41) is 14.0. The van der Waals surface area contributed by atoms with Crippen molar-refractivity contribution in [1.29, 1.82) is 0 Å². The Kier molecular flexibility index (Phi) is 6.52. The van der Waals surface area contributed by atoms with Crippen molar-refractivity contribution in [2.24, 2.45) is 11.3 Å². The number of amides is 2. The van der Waals surface area contributed by atoms with Gasteiger partial charge in [0.2, 0.25) is 5.91 Å². The molecule has 32 heavy (non-hydrogen) atoms. The molecule has 2 amide bonds. The molecule has 0 saturated carbocycles. The van der Waals surface area contributed by atoms with Crippen LogP contribution in [0.2, 0.25) is 0 Å². The van der Waals surface area contributed by atoms with Crippen molar-refractivity contribution in [3.63, 3.8) is 0 Å². The van der Waals surface area contributed by atoms with Gasteiger partial charge < -0.3 is 15.0 Å². The summed E-state index contributed by atoms with van der Waals surface area (Å²) >= 11 is 0. The van der Waals surface area contributed by atoms with Gasteiger partial charge >= 0.3 is 0 Å². The van der Waals surface area contributed by atoms with E-state index in [1.165, 1.54) is 12.1 Å². The topological polar surface area (TPSA) is 102 Å². The van der Waals surface area contributed by atoms with Crippen LogP contribution in [0, 0.1) is 28.4 Å². The van der Waals surface area contributed by atoms with Crippen molar-refractivity contribution in [3.8, 4) is 5.75 Å². The van der Waals surface area contributed by atoms with Gasteiger partial charge in [-0.05, 0) is 51.3 Å². The second-order valence-corrected chi connectivity index (χ2v) is 9.16. The van der Waals surface area contributed by atoms with Crippen LogP contribution >= 0.6 is 0 Å². The molecule has 0 spiro atoms. The zero-order chi connectivity index (χ0) is 23.6. The molecule has 0 aromatic heterocycles. The standard InChI is InChI=1S/C24H29N3O5/c1-15(2)11-12-26-20-10-9-17(13-21(20)32-14-24(4,5)23(26)29)25-22(28)18-7-6-8-19(16(18)3)27(30)31/h6-10,13,15H,11-12,14H2,1-5H3,(H,25,28). The molecule has 0 bridgehead atoms. The highest BCUT2D eigenvalue weighted by Crippen LogP contribution is 2.38. The lowest BCUT2D eigenvalue weighted by molar-refractivity contribution is -0.385. The third-order valence-corrected chi connectivity index (χ3v) is 5.60. The molecule has 1 aliphatic rings. The second kappa shape index (κ2) is 8.98. The highest BCUT2D eigenvalue weighted by atomic mass is 16.6. The van der Waals surface area contributed by atoms with Crippen molar-refractivity contribution in [3.05, 3.63) is 57.6 Å². The Hall–Kier alpha value is -3.42. The number of carbonyl (C=O) groups is 2. The van der Waals surface area contributed by atoms with Crippen molar-refractivity contribution in [2.75, 3.05) is 23.4 Å². The van der Waals surface area contributed by atoms with E-state index in [2.05, 4.69) is 19.2 Å². The van der Waals surface area contributed by atoms with Crippen molar-refractivity contribution >= 4 is 28.9 Å². The number of nitro benzene ring substituents is 1. The molecule has 1 heterocycles. The predicted molar refractivity (Wildman–Crippen MR) is 123 cm³/mol. The molecule has 2 aromatic carbocycles. The molecule has 170 valence electrons. The summed E-state index contributed by atoms with van der Waals surface area (Å²) in [6.07, 6.45) is 0.853. The van der Waals surface area contributed by atoms with Crippen LogP contribution in [-0.2, 0) is 4.79 Å². The molecule has 0 saturated heterocycles. The maximum atomic E-state index is 13.1. The number of anilines is 2. The molecule has 0 unspecified atom stereocenters. The minimum atomic E-state index is -0.681. The Bertz CT molecular complexity index is 1060. The summed E-state index contributed by atoms with van der Waals surface area (Å²) in [7, 11) is 0. The molecule has 0 radical (unpaired) electrons. The highest BCUT2D eigenvalue weighted by molar-refractivity contribution is 6.06. The van der Waals surface area contributed by atoms with Gasteiger partial charge in [0.05, 0.1) is 16.0 Å². The number of nitrogens with zero attached hydrogens (tertiary/aromatic N) is 2. The maximum absolute atomic E-state index is 13.1. The van der Waals surface area contributed by atoms with Crippen LogP contribution in [-0.4, -0.2) is 29.9 Å². The van der Waals surface area contributed by atoms with E-state index >= 15 is 0 Å². The third-order valence-electron chi connectivity index (χ3n) is 5.60. The molecule has 2 aromatic rings. The van der Waals surface area contributed by atoms with Gasteiger partial charge in [0.15, 0.2) is 0 Å². The summed E-state index contributed by atoms with van der Waals surface area (Å²) in [6.45, 7) is 10.3. The van der Waals surface area contributed by atoms with Gasteiger partial charge in [0.1, 0.15) is 12.4 Å². The van der Waals surface area contributed by atoms with Crippen LogP contribution in [0.4, 0.5) is 17.1 Å². The lowest BCUT2D eigenvalue weighted by Crippen LogP contribution is -2.42. The molecule has 0 atom stereocenters. The van der Waals surface area contributed by atoms with Gasteiger partial charge in [0.25, 0.3) is 11.6 Å². The Balaban J connectivity index is 1.90. The number of carbonyl (C=O) groups excluding carboxylic acids is 2. The molecule has 8 nitrogen and oxygen atoms in total. The van der Waals surface area contributed by atoms with E-state index < -0.39 is 16.2 Å². The van der Waals surface area contributed by atoms with Crippen LogP contribution in [0.1, 0.15) is 50.0 Å². The first kappa shape index (κ1) is 23.2. The first-order valence-electron chi connectivity index (χ1n) is 10.7. The monoisotopic (exact) mass is 439 g/mol. The van der Waals surface area contributed by atoms with Crippen LogP contribution in [0.3, 0.4) is 0 Å². The van der Waals surface area contributed by atoms with Gasteiger partial charge in [0, 0.05) is 35.5 Å². The first-order valence-corrected chi connectivity index (χ1v) is 10.7. The van der Waals surface area contributed by atoms with Gasteiger partial charge in [-0.3, -0.25) is 19.7 Å². The highest BCUT2D eigenvalue weighted by Gasteiger charge is 2.37. The summed E-state index contributed by atoms with van der Waals surface area (Å²) in [6, 6.07) is 9.57. The normalized spacial score (nSPS) is 15.1. The maximum Gasteiger partial charge on any atom is 0.273 e. The van der Waals surface area contributed by atoms with E-state index in [1.54, 1.807) is 36.1 Å². The smallest absolute Gasteiger partial charge is 0.273 e. The molecule has 8 heteroatoms. The molecule has 1 N–H and O–H groups in total. The minimum absolute atomic E-state index is 0.000838. The van der Waals surface area contributed by atoms with E-state index in [4.69, 9.17) is 4.74 Å². The summed E-state index contributed by atoms with van der Waals surface area (Å²) < 4.78 is 5.97. The predicted octanol–water partition coefficient (Wildman–Crippen LogP) is 4.95. The average molecular weight is 440 g/mol.